The second kappa shape index (κ2) is 8.75. The molecule has 2 aromatic rings. The Kier molecular flexibility index (Phi) is 6.40. The molecule has 0 bridgehead atoms. The highest BCUT2D eigenvalue weighted by Gasteiger charge is 2.27. The van der Waals surface area contributed by atoms with E-state index in [9.17, 15) is 4.79 Å². The molecular formula is C20H23ClN2OS. The molecule has 1 saturated carbocycles. The molecule has 1 aliphatic carbocycles. The Morgan fingerprint density at radius 2 is 1.68 bits per heavy atom. The normalized spacial score (nSPS) is 21.5. The van der Waals surface area contributed by atoms with Gasteiger partial charge in [-0.1, -0.05) is 54.1 Å². The van der Waals surface area contributed by atoms with Crippen molar-refractivity contribution in [3.63, 3.8) is 0 Å². The van der Waals surface area contributed by atoms with Gasteiger partial charge >= 0.3 is 0 Å². The van der Waals surface area contributed by atoms with Crippen LogP contribution >= 0.6 is 23.4 Å². The lowest BCUT2D eigenvalue weighted by Crippen LogP contribution is -2.42. The SMILES string of the molecule is NC1CCC(NC(=O)C(Sc2ccccc2Cl)c2ccccc2)CC1. The third-order valence-electron chi connectivity index (χ3n) is 4.54. The van der Waals surface area contributed by atoms with Gasteiger partial charge in [0.15, 0.2) is 0 Å². The lowest BCUT2D eigenvalue weighted by Gasteiger charge is -2.28. The summed E-state index contributed by atoms with van der Waals surface area (Å²) >= 11 is 7.80. The van der Waals surface area contributed by atoms with Crippen LogP contribution in [0.2, 0.25) is 5.02 Å². The van der Waals surface area contributed by atoms with Crippen molar-refractivity contribution in [3.05, 3.63) is 65.2 Å². The number of rotatable bonds is 5. The van der Waals surface area contributed by atoms with Gasteiger partial charge in [0.2, 0.25) is 5.91 Å². The minimum absolute atomic E-state index is 0.0385. The molecule has 0 heterocycles. The van der Waals surface area contributed by atoms with Crippen molar-refractivity contribution in [1.82, 2.24) is 5.32 Å². The van der Waals surface area contributed by atoms with Crippen LogP contribution in [-0.4, -0.2) is 18.0 Å². The van der Waals surface area contributed by atoms with Gasteiger partial charge in [0, 0.05) is 17.0 Å². The van der Waals surface area contributed by atoms with Gasteiger partial charge in [-0.2, -0.15) is 0 Å². The Bertz CT molecular complexity index is 702. The van der Waals surface area contributed by atoms with Crippen LogP contribution in [0, 0.1) is 0 Å². The molecule has 0 aliphatic heterocycles. The molecule has 3 N–H and O–H groups in total. The summed E-state index contributed by atoms with van der Waals surface area (Å²) in [6.45, 7) is 0. The predicted octanol–water partition coefficient (Wildman–Crippen LogP) is 4.56. The molecule has 1 atom stereocenters. The van der Waals surface area contributed by atoms with E-state index in [0.717, 1.165) is 36.1 Å². The molecule has 3 nitrogen and oxygen atoms in total. The molecular weight excluding hydrogens is 352 g/mol. The first-order valence-electron chi connectivity index (χ1n) is 8.65. The van der Waals surface area contributed by atoms with E-state index in [-0.39, 0.29) is 23.2 Å². The molecule has 1 aliphatic rings. The van der Waals surface area contributed by atoms with E-state index in [1.54, 1.807) is 0 Å². The predicted molar refractivity (Wildman–Crippen MR) is 105 cm³/mol. The van der Waals surface area contributed by atoms with E-state index in [1.165, 1.54) is 11.8 Å². The van der Waals surface area contributed by atoms with Crippen molar-refractivity contribution < 1.29 is 4.79 Å². The van der Waals surface area contributed by atoms with Crippen molar-refractivity contribution in [2.24, 2.45) is 5.73 Å². The molecule has 0 aromatic heterocycles. The van der Waals surface area contributed by atoms with Gasteiger partial charge in [0.25, 0.3) is 0 Å². The third-order valence-corrected chi connectivity index (χ3v) is 6.31. The third kappa shape index (κ3) is 5.00. The Morgan fingerprint density at radius 1 is 1.04 bits per heavy atom. The van der Waals surface area contributed by atoms with Crippen molar-refractivity contribution in [2.75, 3.05) is 0 Å². The zero-order valence-corrected chi connectivity index (χ0v) is 15.6. The highest BCUT2D eigenvalue weighted by atomic mass is 35.5. The fraction of sp³-hybridized carbons (Fsp3) is 0.350. The van der Waals surface area contributed by atoms with Gasteiger partial charge in [-0.25, -0.2) is 0 Å². The summed E-state index contributed by atoms with van der Waals surface area (Å²) in [6, 6.07) is 18.0. The second-order valence-corrected chi connectivity index (χ2v) is 8.01. The summed E-state index contributed by atoms with van der Waals surface area (Å²) < 4.78 is 0. The average molecular weight is 375 g/mol. The standard InChI is InChI=1S/C20H23ClN2OS/c21-17-8-4-5-9-18(17)25-19(14-6-2-1-3-7-14)20(24)23-16-12-10-15(22)11-13-16/h1-9,15-16,19H,10-13,22H2,(H,23,24). The molecule has 3 rings (SSSR count). The zero-order chi connectivity index (χ0) is 17.6. The fourth-order valence-corrected chi connectivity index (χ4v) is 4.44. The van der Waals surface area contributed by atoms with Crippen LogP contribution < -0.4 is 11.1 Å². The van der Waals surface area contributed by atoms with Gasteiger partial charge in [-0.05, 0) is 43.4 Å². The number of carbonyl (C=O) groups excluding carboxylic acids is 1. The number of hydrogen-bond acceptors (Lipinski definition) is 3. The van der Waals surface area contributed by atoms with E-state index in [0.29, 0.717) is 5.02 Å². The van der Waals surface area contributed by atoms with Crippen molar-refractivity contribution in [3.8, 4) is 0 Å². The number of amides is 1. The highest BCUT2D eigenvalue weighted by Crippen LogP contribution is 2.39. The maximum atomic E-state index is 13.0. The minimum atomic E-state index is -0.323. The Hall–Kier alpha value is -1.49. The minimum Gasteiger partial charge on any atom is -0.352 e. The van der Waals surface area contributed by atoms with Crippen LogP contribution in [0.1, 0.15) is 36.5 Å². The van der Waals surface area contributed by atoms with Crippen molar-refractivity contribution >= 4 is 29.3 Å². The van der Waals surface area contributed by atoms with Crippen molar-refractivity contribution in [1.29, 1.82) is 0 Å². The summed E-state index contributed by atoms with van der Waals surface area (Å²) in [5.41, 5.74) is 6.95. The van der Waals surface area contributed by atoms with Gasteiger partial charge in [0.05, 0.1) is 5.02 Å². The topological polar surface area (TPSA) is 55.1 Å². The first-order chi connectivity index (χ1) is 12.1. The number of nitrogens with two attached hydrogens (primary N) is 1. The van der Waals surface area contributed by atoms with E-state index >= 15 is 0 Å². The lowest BCUT2D eigenvalue weighted by atomic mass is 9.91. The van der Waals surface area contributed by atoms with E-state index in [1.807, 2.05) is 54.6 Å². The van der Waals surface area contributed by atoms with Gasteiger partial charge in [-0.15, -0.1) is 11.8 Å². The molecule has 0 saturated heterocycles. The first kappa shape index (κ1) is 18.3. The zero-order valence-electron chi connectivity index (χ0n) is 14.0. The van der Waals surface area contributed by atoms with Gasteiger partial charge in [0.1, 0.15) is 5.25 Å². The monoisotopic (exact) mass is 374 g/mol. The van der Waals surface area contributed by atoms with Crippen LogP contribution in [-0.2, 0) is 4.79 Å². The molecule has 0 spiro atoms. The molecule has 1 amide bonds. The number of carbonyl (C=O) groups is 1. The Labute approximate surface area is 158 Å². The molecule has 0 radical (unpaired) electrons. The second-order valence-electron chi connectivity index (χ2n) is 6.46. The van der Waals surface area contributed by atoms with E-state index in [4.69, 9.17) is 17.3 Å². The number of nitrogens with one attached hydrogen (secondary N) is 1. The molecule has 5 heteroatoms. The summed E-state index contributed by atoms with van der Waals surface area (Å²) in [7, 11) is 0. The van der Waals surface area contributed by atoms with Crippen LogP contribution in [0.5, 0.6) is 0 Å². The number of thioether (sulfide) groups is 1. The number of halogens is 1. The number of benzene rings is 2. The average Bonchev–Trinajstić information content (AvgIpc) is 2.63. The summed E-state index contributed by atoms with van der Waals surface area (Å²) in [5.74, 6) is 0.0385. The lowest BCUT2D eigenvalue weighted by molar-refractivity contribution is -0.121. The Morgan fingerprint density at radius 3 is 2.36 bits per heavy atom. The van der Waals surface area contributed by atoms with E-state index in [2.05, 4.69) is 5.32 Å². The van der Waals surface area contributed by atoms with Gasteiger partial charge in [-0.3, -0.25) is 4.79 Å². The maximum absolute atomic E-state index is 13.0. The van der Waals surface area contributed by atoms with Crippen LogP contribution in [0.4, 0.5) is 0 Å². The smallest absolute Gasteiger partial charge is 0.238 e. The van der Waals surface area contributed by atoms with Crippen LogP contribution in [0.3, 0.4) is 0 Å². The Balaban J connectivity index is 1.76. The van der Waals surface area contributed by atoms with E-state index < -0.39 is 0 Å². The fourth-order valence-electron chi connectivity index (χ4n) is 3.11. The highest BCUT2D eigenvalue weighted by molar-refractivity contribution is 8.00. The number of hydrogen-bond donors (Lipinski definition) is 2. The quantitative estimate of drug-likeness (QED) is 0.754. The van der Waals surface area contributed by atoms with Crippen LogP contribution in [0.15, 0.2) is 59.5 Å². The molecule has 132 valence electrons. The largest absolute Gasteiger partial charge is 0.352 e. The van der Waals surface area contributed by atoms with Crippen LogP contribution in [0.25, 0.3) is 0 Å². The van der Waals surface area contributed by atoms with Gasteiger partial charge < -0.3 is 11.1 Å². The summed E-state index contributed by atoms with van der Waals surface area (Å²) in [5, 5.41) is 3.57. The molecule has 2 aromatic carbocycles. The summed E-state index contributed by atoms with van der Waals surface area (Å²) in [6.07, 6.45) is 3.84. The maximum Gasteiger partial charge on any atom is 0.238 e. The molecule has 1 fully saturated rings. The molecule has 1 unspecified atom stereocenters. The van der Waals surface area contributed by atoms with Crippen molar-refractivity contribution in [2.45, 2.75) is 47.9 Å². The first-order valence-corrected chi connectivity index (χ1v) is 9.91. The summed E-state index contributed by atoms with van der Waals surface area (Å²) in [4.78, 5) is 13.9. The molecule has 25 heavy (non-hydrogen) atoms.